The Kier molecular flexibility index (Phi) is 3.37. The van der Waals surface area contributed by atoms with Gasteiger partial charge in [-0.3, -0.25) is 15.4 Å². The number of pyridine rings is 1. The predicted molar refractivity (Wildman–Crippen MR) is 91.5 cm³/mol. The lowest BCUT2D eigenvalue weighted by molar-refractivity contribution is -0.0840. The van der Waals surface area contributed by atoms with Gasteiger partial charge in [-0.25, -0.2) is 5.84 Å². The number of hydrazine groups is 2. The largest absolute Gasteiger partial charge is 0.494 e. The zero-order chi connectivity index (χ0) is 18.6. The van der Waals surface area contributed by atoms with Gasteiger partial charge in [-0.05, 0) is 25.5 Å². The average Bonchev–Trinajstić information content (AvgIpc) is 2.98. The molecule has 26 heavy (non-hydrogen) atoms. The molecule has 3 aliphatic heterocycles. The van der Waals surface area contributed by atoms with E-state index in [0.29, 0.717) is 11.5 Å². The van der Waals surface area contributed by atoms with E-state index in [4.69, 9.17) is 16.3 Å². The summed E-state index contributed by atoms with van der Waals surface area (Å²) in [6.07, 6.45) is 4.97. The number of ether oxygens (including phenoxy) is 1. The van der Waals surface area contributed by atoms with E-state index >= 15 is 0 Å². The first-order chi connectivity index (χ1) is 12.4. The number of nitrogens with two attached hydrogens (primary N) is 2. The molecule has 0 amide bonds. The summed E-state index contributed by atoms with van der Waals surface area (Å²) in [6, 6.07) is 5.46. The maximum Gasteiger partial charge on any atom is 0.212 e. The van der Waals surface area contributed by atoms with Gasteiger partial charge in [0, 0.05) is 24.0 Å². The van der Waals surface area contributed by atoms with Crippen LogP contribution in [0.15, 0.2) is 59.4 Å². The van der Waals surface area contributed by atoms with Gasteiger partial charge < -0.3 is 15.6 Å². The van der Waals surface area contributed by atoms with E-state index in [1.165, 1.54) is 5.01 Å². The molecule has 0 saturated heterocycles. The van der Waals surface area contributed by atoms with Gasteiger partial charge in [-0.2, -0.15) is 10.3 Å². The molecule has 4 heterocycles. The van der Waals surface area contributed by atoms with Crippen LogP contribution in [0.3, 0.4) is 0 Å². The molecular formula is C17H19N7O2. The summed E-state index contributed by atoms with van der Waals surface area (Å²) < 4.78 is 5.69. The number of rotatable bonds is 1. The maximum atomic E-state index is 10.3. The van der Waals surface area contributed by atoms with Crippen LogP contribution >= 0.6 is 0 Å². The van der Waals surface area contributed by atoms with E-state index in [9.17, 15) is 10.4 Å². The zero-order valence-electron chi connectivity index (χ0n) is 14.3. The number of nitriles is 1. The third kappa shape index (κ3) is 2.06. The highest BCUT2D eigenvalue weighted by molar-refractivity contribution is 5.52. The molecule has 0 aromatic carbocycles. The van der Waals surface area contributed by atoms with Crippen molar-refractivity contribution in [1.29, 1.82) is 5.26 Å². The maximum absolute atomic E-state index is 10.3. The molecule has 0 bridgehead atoms. The molecule has 1 aromatic heterocycles. The number of aliphatic hydroxyl groups excluding tert-OH is 1. The summed E-state index contributed by atoms with van der Waals surface area (Å²) >= 11 is 0. The molecule has 9 nitrogen and oxygen atoms in total. The Labute approximate surface area is 150 Å². The van der Waals surface area contributed by atoms with E-state index in [-0.39, 0.29) is 17.8 Å². The lowest BCUT2D eigenvalue weighted by atomic mass is 9.81. The minimum atomic E-state index is -0.759. The van der Waals surface area contributed by atoms with Crippen LogP contribution in [0.2, 0.25) is 0 Å². The van der Waals surface area contributed by atoms with Gasteiger partial charge >= 0.3 is 0 Å². The smallest absolute Gasteiger partial charge is 0.212 e. The molecule has 1 aromatic rings. The number of nitrogens with zero attached hydrogens (tertiary/aromatic N) is 4. The van der Waals surface area contributed by atoms with Gasteiger partial charge in [-0.1, -0.05) is 6.07 Å². The monoisotopic (exact) mass is 353 g/mol. The van der Waals surface area contributed by atoms with Gasteiger partial charge in [0.25, 0.3) is 0 Å². The van der Waals surface area contributed by atoms with Crippen molar-refractivity contribution in [2.45, 2.75) is 31.5 Å². The summed E-state index contributed by atoms with van der Waals surface area (Å²) in [5, 5.41) is 23.1. The van der Waals surface area contributed by atoms with Crippen molar-refractivity contribution in [3.8, 4) is 6.07 Å². The van der Waals surface area contributed by atoms with E-state index in [2.05, 4.69) is 16.5 Å². The Balaban J connectivity index is 1.88. The highest BCUT2D eigenvalue weighted by Gasteiger charge is 2.52. The zero-order valence-corrected chi connectivity index (χ0v) is 14.3. The van der Waals surface area contributed by atoms with Crippen LogP contribution in [0.1, 0.15) is 25.3 Å². The van der Waals surface area contributed by atoms with Gasteiger partial charge in [-0.15, -0.1) is 0 Å². The molecule has 0 spiro atoms. The summed E-state index contributed by atoms with van der Waals surface area (Å²) in [5.74, 6) is 5.99. The Hall–Kier alpha value is -3.22. The third-order valence-electron chi connectivity index (χ3n) is 5.03. The lowest BCUT2D eigenvalue weighted by Gasteiger charge is -2.48. The van der Waals surface area contributed by atoms with Gasteiger partial charge in [0.15, 0.2) is 0 Å². The molecule has 6 N–H and O–H groups in total. The quantitative estimate of drug-likeness (QED) is 0.535. The number of allylic oxidation sites excluding steroid dienone is 1. The molecule has 0 saturated carbocycles. The van der Waals surface area contributed by atoms with E-state index in [1.54, 1.807) is 24.5 Å². The van der Waals surface area contributed by atoms with Crippen molar-refractivity contribution in [3.05, 3.63) is 65.0 Å². The lowest BCUT2D eigenvalue weighted by Crippen LogP contribution is -2.66. The minimum absolute atomic E-state index is 0.0445. The molecule has 0 radical (unpaired) electrons. The molecular weight excluding hydrogens is 334 g/mol. The summed E-state index contributed by atoms with van der Waals surface area (Å²) in [6.45, 7) is 3.71. The van der Waals surface area contributed by atoms with Crippen LogP contribution < -0.4 is 17.0 Å². The van der Waals surface area contributed by atoms with Crippen molar-refractivity contribution in [3.63, 3.8) is 0 Å². The van der Waals surface area contributed by atoms with Crippen molar-refractivity contribution in [2.24, 2.45) is 11.6 Å². The number of hydrogen-bond donors (Lipinski definition) is 4. The van der Waals surface area contributed by atoms with Crippen molar-refractivity contribution >= 4 is 0 Å². The number of aromatic nitrogens is 1. The van der Waals surface area contributed by atoms with Crippen LogP contribution in [0.4, 0.5) is 0 Å². The van der Waals surface area contributed by atoms with Crippen LogP contribution in [-0.4, -0.2) is 31.8 Å². The number of hydrogen-bond acceptors (Lipinski definition) is 9. The highest BCUT2D eigenvalue weighted by atomic mass is 16.5. The Morgan fingerprint density at radius 2 is 2.23 bits per heavy atom. The summed E-state index contributed by atoms with van der Waals surface area (Å²) in [5.41, 5.74) is 10.3. The molecule has 2 atom stereocenters. The number of fused-ring (bicyclic) bond motifs is 2. The van der Waals surface area contributed by atoms with Crippen LogP contribution in [-0.2, 0) is 4.74 Å². The molecule has 0 fully saturated rings. The van der Waals surface area contributed by atoms with Crippen LogP contribution in [0.5, 0.6) is 0 Å². The van der Waals surface area contributed by atoms with Crippen molar-refractivity contribution in [1.82, 2.24) is 20.4 Å². The van der Waals surface area contributed by atoms with Crippen molar-refractivity contribution < 1.29 is 9.84 Å². The second-order valence-corrected chi connectivity index (χ2v) is 6.81. The average molecular weight is 353 g/mol. The summed E-state index contributed by atoms with van der Waals surface area (Å²) in [7, 11) is 0. The normalized spacial score (nSPS) is 27.2. The van der Waals surface area contributed by atoms with Crippen molar-refractivity contribution in [2.75, 3.05) is 0 Å². The standard InChI is InChI=1S/C17H19N7O2/c1-17(2)23(20)12(25)6-11-14-13(9-4-3-5-21-8-9)10(7-18)15(19)26-16(14)22-24(11)17/h3-6,8,11,13,22,25H,19-20H2,1-2H3. The second-order valence-electron chi connectivity index (χ2n) is 6.81. The van der Waals surface area contributed by atoms with Crippen LogP contribution in [0, 0.1) is 11.3 Å². The molecule has 134 valence electrons. The van der Waals surface area contributed by atoms with Gasteiger partial charge in [0.2, 0.25) is 17.6 Å². The highest BCUT2D eigenvalue weighted by Crippen LogP contribution is 2.46. The fraction of sp³-hybridized carbons (Fsp3) is 0.294. The third-order valence-corrected chi connectivity index (χ3v) is 5.03. The topological polar surface area (TPSA) is 137 Å². The van der Waals surface area contributed by atoms with E-state index in [0.717, 1.165) is 11.1 Å². The minimum Gasteiger partial charge on any atom is -0.494 e. The molecule has 0 aliphatic carbocycles. The van der Waals surface area contributed by atoms with E-state index in [1.807, 2.05) is 24.9 Å². The first kappa shape index (κ1) is 16.3. The van der Waals surface area contributed by atoms with Gasteiger partial charge in [0.1, 0.15) is 17.3 Å². The molecule has 9 heteroatoms. The molecule has 4 rings (SSSR count). The molecule has 2 unspecified atom stereocenters. The second kappa shape index (κ2) is 5.39. The fourth-order valence-electron chi connectivity index (χ4n) is 3.64. The Morgan fingerprint density at radius 3 is 2.88 bits per heavy atom. The number of nitrogens with one attached hydrogen (secondary N) is 1. The SMILES string of the molecule is CC1(C)N(N)C(O)=CC2C3=C(NN21)OC(N)=C(C#N)C3c1cccnc1. The Bertz CT molecular complexity index is 897. The van der Waals surface area contributed by atoms with E-state index < -0.39 is 11.6 Å². The predicted octanol–water partition coefficient (Wildman–Crippen LogP) is 0.614. The Morgan fingerprint density at radius 1 is 1.46 bits per heavy atom. The number of aliphatic hydroxyl groups is 1. The van der Waals surface area contributed by atoms with Crippen LogP contribution in [0.25, 0.3) is 0 Å². The first-order valence-corrected chi connectivity index (χ1v) is 8.09. The fourth-order valence-corrected chi connectivity index (χ4v) is 3.64. The summed E-state index contributed by atoms with van der Waals surface area (Å²) in [4.78, 5) is 4.16. The van der Waals surface area contributed by atoms with Gasteiger partial charge in [0.05, 0.1) is 12.0 Å². The first-order valence-electron chi connectivity index (χ1n) is 8.09. The molecule has 3 aliphatic rings.